The summed E-state index contributed by atoms with van der Waals surface area (Å²) in [6.07, 6.45) is 5.22. The Labute approximate surface area is 258 Å². The van der Waals surface area contributed by atoms with Gasteiger partial charge in [0.2, 0.25) is 0 Å². The Bertz CT molecular complexity index is 1890. The summed E-state index contributed by atoms with van der Waals surface area (Å²) >= 11 is 1.18. The van der Waals surface area contributed by atoms with Crippen LogP contribution in [0.15, 0.2) is 85.1 Å². The highest BCUT2D eigenvalue weighted by Crippen LogP contribution is 2.47. The maximum absolute atomic E-state index is 13.6. The molecule has 0 aliphatic carbocycles. The molecule has 0 unspecified atom stereocenters. The van der Waals surface area contributed by atoms with E-state index in [0.29, 0.717) is 49.3 Å². The van der Waals surface area contributed by atoms with E-state index in [1.807, 2.05) is 54.6 Å². The van der Waals surface area contributed by atoms with Crippen LogP contribution < -0.4 is 20.3 Å². The number of benzene rings is 3. The number of carbonyl (C=O) groups is 2. The Hall–Kier alpha value is -5.24. The standard InChI is InChI=1S/C34H28N6O3S/c35-19-23-20-36-33-28-29(31(44-33)32(41)37-24-11-9-22(10-12-24)21-39-17-5-2-6-18-39)38-34(42)40(30(23)28)25-13-15-27(16-14-25)43-26-7-3-1-4-8-26/h1,3-4,7-16,20H,2,5-6,17-18,21H2,(H,37,41)(H,38,42). The summed E-state index contributed by atoms with van der Waals surface area (Å²) in [5.74, 6) is 0.945. The highest BCUT2D eigenvalue weighted by molar-refractivity contribution is 7.21. The van der Waals surface area contributed by atoms with Crippen LogP contribution in [0.5, 0.6) is 11.5 Å². The van der Waals surface area contributed by atoms with Crippen LogP contribution in [-0.4, -0.2) is 34.9 Å². The molecule has 1 fully saturated rings. The van der Waals surface area contributed by atoms with Crippen molar-refractivity contribution in [3.05, 3.63) is 101 Å². The number of thiophene rings is 1. The topological polar surface area (TPSA) is 111 Å². The van der Waals surface area contributed by atoms with Gasteiger partial charge in [0.05, 0.1) is 28.0 Å². The number of urea groups is 1. The number of hydrogen-bond acceptors (Lipinski definition) is 7. The molecule has 44 heavy (non-hydrogen) atoms. The van der Waals surface area contributed by atoms with Crippen LogP contribution in [0.2, 0.25) is 0 Å². The highest BCUT2D eigenvalue weighted by Gasteiger charge is 2.35. The number of hydrogen-bond donors (Lipinski definition) is 2. The van der Waals surface area contributed by atoms with Gasteiger partial charge >= 0.3 is 6.03 Å². The molecule has 5 aromatic rings. The molecule has 0 saturated carbocycles. The molecular weight excluding hydrogens is 572 g/mol. The summed E-state index contributed by atoms with van der Waals surface area (Å²) in [4.78, 5) is 36.3. The van der Waals surface area contributed by atoms with Gasteiger partial charge in [0.1, 0.15) is 27.3 Å². The van der Waals surface area contributed by atoms with Crippen LogP contribution in [0.4, 0.5) is 27.5 Å². The summed E-state index contributed by atoms with van der Waals surface area (Å²) in [5.41, 5.74) is 3.38. The van der Waals surface area contributed by atoms with Crippen LogP contribution in [-0.2, 0) is 6.54 Å². The zero-order chi connectivity index (χ0) is 30.0. The SMILES string of the molecule is N#Cc1cnc2sc(C(=O)Nc3ccc(CN4CCCCC4)cc3)c3c2c1N(c1ccc(Oc2ccccc2)cc1)C(=O)N3. The van der Waals surface area contributed by atoms with Gasteiger partial charge < -0.3 is 15.4 Å². The Morgan fingerprint density at radius 2 is 1.70 bits per heavy atom. The molecular formula is C34H28N6O3S. The van der Waals surface area contributed by atoms with Crippen LogP contribution in [0, 0.1) is 11.3 Å². The van der Waals surface area contributed by atoms with E-state index >= 15 is 0 Å². The summed E-state index contributed by atoms with van der Waals surface area (Å²) in [6.45, 7) is 3.14. The van der Waals surface area contributed by atoms with Crippen LogP contribution in [0.1, 0.15) is 40.1 Å². The quantitative estimate of drug-likeness (QED) is 0.197. The molecule has 0 spiro atoms. The number of pyridine rings is 1. The van der Waals surface area contributed by atoms with Gasteiger partial charge in [-0.3, -0.25) is 14.6 Å². The van der Waals surface area contributed by atoms with Crippen molar-refractivity contribution >= 4 is 56.2 Å². The third-order valence-corrected chi connectivity index (χ3v) is 8.91. The van der Waals surface area contributed by atoms with Crippen LogP contribution >= 0.6 is 11.3 Å². The normalized spacial score (nSPS) is 14.6. The molecule has 2 aliphatic rings. The van der Waals surface area contributed by atoms with Gasteiger partial charge in [0.15, 0.2) is 0 Å². The minimum absolute atomic E-state index is 0.229. The maximum Gasteiger partial charge on any atom is 0.331 e. The van der Waals surface area contributed by atoms with E-state index in [0.717, 1.165) is 19.6 Å². The molecule has 2 aromatic heterocycles. The van der Waals surface area contributed by atoms with Gasteiger partial charge in [-0.2, -0.15) is 5.26 Å². The van der Waals surface area contributed by atoms with E-state index in [1.165, 1.54) is 47.3 Å². The molecule has 4 heterocycles. The first kappa shape index (κ1) is 27.6. The van der Waals surface area contributed by atoms with Crippen LogP contribution in [0.25, 0.3) is 10.2 Å². The lowest BCUT2D eigenvalue weighted by atomic mass is 10.1. The third kappa shape index (κ3) is 5.35. The van der Waals surface area contributed by atoms with Gasteiger partial charge in [0, 0.05) is 18.4 Å². The molecule has 3 aromatic carbocycles. The number of amides is 3. The maximum atomic E-state index is 13.6. The molecule has 2 aliphatic heterocycles. The van der Waals surface area contributed by atoms with E-state index in [-0.39, 0.29) is 11.5 Å². The number of aromatic nitrogens is 1. The predicted octanol–water partition coefficient (Wildman–Crippen LogP) is 7.88. The van der Waals surface area contributed by atoms with E-state index in [1.54, 1.807) is 24.3 Å². The predicted molar refractivity (Wildman–Crippen MR) is 172 cm³/mol. The molecule has 218 valence electrons. The van der Waals surface area contributed by atoms with E-state index in [2.05, 4.69) is 26.6 Å². The lowest BCUT2D eigenvalue weighted by molar-refractivity contribution is 0.103. The van der Waals surface area contributed by atoms with Crippen molar-refractivity contribution in [2.75, 3.05) is 28.6 Å². The number of carbonyl (C=O) groups excluding carboxylic acids is 2. The van der Waals surface area contributed by atoms with Crippen molar-refractivity contribution in [1.29, 1.82) is 5.26 Å². The second-order valence-corrected chi connectivity index (χ2v) is 11.8. The zero-order valence-electron chi connectivity index (χ0n) is 23.7. The lowest BCUT2D eigenvalue weighted by Gasteiger charge is -2.29. The molecule has 7 rings (SSSR count). The second-order valence-electron chi connectivity index (χ2n) is 10.8. The number of anilines is 4. The molecule has 0 atom stereocenters. The smallest absolute Gasteiger partial charge is 0.331 e. The summed E-state index contributed by atoms with van der Waals surface area (Å²) in [6, 6.07) is 26.0. The average Bonchev–Trinajstić information content (AvgIpc) is 3.43. The number of likely N-dealkylation sites (tertiary alicyclic amines) is 1. The van der Waals surface area contributed by atoms with Crippen molar-refractivity contribution in [2.24, 2.45) is 0 Å². The lowest BCUT2D eigenvalue weighted by Crippen LogP contribution is -2.35. The van der Waals surface area contributed by atoms with Gasteiger partial charge in [0.25, 0.3) is 5.91 Å². The first-order valence-corrected chi connectivity index (χ1v) is 15.3. The van der Waals surface area contributed by atoms with Gasteiger partial charge in [-0.05, 0) is 80.0 Å². The fourth-order valence-electron chi connectivity index (χ4n) is 5.70. The largest absolute Gasteiger partial charge is 0.457 e. The molecule has 2 N–H and O–H groups in total. The van der Waals surface area contributed by atoms with E-state index in [4.69, 9.17) is 4.74 Å². The molecule has 3 amide bonds. The zero-order valence-corrected chi connectivity index (χ0v) is 24.6. The number of nitrogens with one attached hydrogen (secondary N) is 2. The van der Waals surface area contributed by atoms with Gasteiger partial charge in [-0.15, -0.1) is 11.3 Å². The summed E-state index contributed by atoms with van der Waals surface area (Å²) in [7, 11) is 0. The Morgan fingerprint density at radius 3 is 2.43 bits per heavy atom. The highest BCUT2D eigenvalue weighted by atomic mass is 32.1. The molecule has 9 nitrogen and oxygen atoms in total. The molecule has 10 heteroatoms. The van der Waals surface area contributed by atoms with Crippen molar-refractivity contribution in [1.82, 2.24) is 9.88 Å². The van der Waals surface area contributed by atoms with Crippen molar-refractivity contribution in [2.45, 2.75) is 25.8 Å². The van der Waals surface area contributed by atoms with Crippen molar-refractivity contribution < 1.29 is 14.3 Å². The summed E-state index contributed by atoms with van der Waals surface area (Å²) < 4.78 is 5.90. The van der Waals surface area contributed by atoms with Crippen LogP contribution in [0.3, 0.4) is 0 Å². The number of nitrogens with zero attached hydrogens (tertiary/aromatic N) is 4. The number of ether oxygens (including phenoxy) is 1. The Morgan fingerprint density at radius 1 is 0.977 bits per heavy atom. The first-order valence-electron chi connectivity index (χ1n) is 14.5. The van der Waals surface area contributed by atoms with E-state index in [9.17, 15) is 14.9 Å². The fourth-order valence-corrected chi connectivity index (χ4v) is 6.70. The molecule has 0 bridgehead atoms. The first-order chi connectivity index (χ1) is 21.6. The third-order valence-electron chi connectivity index (χ3n) is 7.82. The van der Waals surface area contributed by atoms with Crippen molar-refractivity contribution in [3.8, 4) is 17.6 Å². The van der Waals surface area contributed by atoms with E-state index < -0.39 is 6.03 Å². The fraction of sp³-hybridized carbons (Fsp3) is 0.176. The Kier molecular flexibility index (Phi) is 7.40. The monoisotopic (exact) mass is 600 g/mol. The second kappa shape index (κ2) is 11.8. The number of nitriles is 1. The number of para-hydroxylation sites is 1. The molecule has 0 radical (unpaired) electrons. The minimum atomic E-state index is -0.479. The number of piperidine rings is 1. The Balaban J connectivity index is 1.16. The number of rotatable bonds is 7. The van der Waals surface area contributed by atoms with Gasteiger partial charge in [-0.1, -0.05) is 36.8 Å². The molecule has 1 saturated heterocycles. The summed E-state index contributed by atoms with van der Waals surface area (Å²) in [5, 5.41) is 16.4. The van der Waals surface area contributed by atoms with Gasteiger partial charge in [-0.25, -0.2) is 9.78 Å². The average molecular weight is 601 g/mol. The minimum Gasteiger partial charge on any atom is -0.457 e. The van der Waals surface area contributed by atoms with Crippen molar-refractivity contribution in [3.63, 3.8) is 0 Å².